The lowest BCUT2D eigenvalue weighted by molar-refractivity contribution is 0.560. The Labute approximate surface area is 89.5 Å². The number of hydrogen-bond donors (Lipinski definition) is 2. The van der Waals surface area contributed by atoms with Gasteiger partial charge in [0.15, 0.2) is 0 Å². The van der Waals surface area contributed by atoms with E-state index in [4.69, 9.17) is 5.73 Å². The number of nitrogens with zero attached hydrogens (tertiary/aromatic N) is 2. The summed E-state index contributed by atoms with van der Waals surface area (Å²) in [7, 11) is -3.12. The molecule has 0 aromatic carbocycles. The normalized spacial score (nSPS) is 11.8. The van der Waals surface area contributed by atoms with Crippen LogP contribution in [0.25, 0.3) is 0 Å². The molecule has 0 spiro atoms. The van der Waals surface area contributed by atoms with E-state index in [9.17, 15) is 8.42 Å². The summed E-state index contributed by atoms with van der Waals surface area (Å²) in [5.41, 5.74) is 6.04. The minimum absolute atomic E-state index is 0.161. The molecule has 0 fully saturated rings. The maximum Gasteiger partial charge on any atom is 0.211 e. The van der Waals surface area contributed by atoms with E-state index < -0.39 is 10.0 Å². The Morgan fingerprint density at radius 3 is 2.87 bits per heavy atom. The molecule has 3 N–H and O–H groups in total. The first-order chi connectivity index (χ1) is 7.03. The van der Waals surface area contributed by atoms with Gasteiger partial charge in [-0.1, -0.05) is 6.92 Å². The molecule has 1 aromatic heterocycles. The minimum atomic E-state index is -3.12. The topological polar surface area (TPSA) is 90.0 Å². The van der Waals surface area contributed by atoms with E-state index in [0.717, 1.165) is 0 Å². The van der Waals surface area contributed by atoms with Crippen LogP contribution in [0.1, 0.15) is 13.3 Å². The smallest absolute Gasteiger partial charge is 0.211 e. The molecular formula is C8H16N4O2S. The van der Waals surface area contributed by atoms with Gasteiger partial charge >= 0.3 is 0 Å². The molecular weight excluding hydrogens is 216 g/mol. The SMILES string of the molecule is CCCS(=O)(=O)NCCn1cc(N)cn1. The number of nitrogens with one attached hydrogen (secondary N) is 1. The monoisotopic (exact) mass is 232 g/mol. The van der Waals surface area contributed by atoms with Crippen molar-refractivity contribution in [2.45, 2.75) is 19.9 Å². The van der Waals surface area contributed by atoms with Gasteiger partial charge in [0.1, 0.15) is 0 Å². The highest BCUT2D eigenvalue weighted by Gasteiger charge is 2.07. The molecule has 1 rings (SSSR count). The lowest BCUT2D eigenvalue weighted by atomic mass is 10.6. The maximum atomic E-state index is 11.3. The molecule has 0 amide bonds. The molecule has 0 saturated heterocycles. The summed E-state index contributed by atoms with van der Waals surface area (Å²) in [6, 6.07) is 0. The zero-order valence-electron chi connectivity index (χ0n) is 8.68. The Kier molecular flexibility index (Phi) is 4.10. The molecule has 86 valence electrons. The second-order valence-electron chi connectivity index (χ2n) is 3.25. The van der Waals surface area contributed by atoms with Crippen LogP contribution in [-0.4, -0.2) is 30.5 Å². The maximum absolute atomic E-state index is 11.3. The van der Waals surface area contributed by atoms with E-state index in [1.807, 2.05) is 6.92 Å². The van der Waals surface area contributed by atoms with Gasteiger partial charge in [0.2, 0.25) is 10.0 Å². The summed E-state index contributed by atoms with van der Waals surface area (Å²) in [6.45, 7) is 2.65. The predicted octanol–water partition coefficient (Wildman–Crippen LogP) is -0.205. The summed E-state index contributed by atoms with van der Waals surface area (Å²) in [5, 5.41) is 3.94. The van der Waals surface area contributed by atoms with Crippen molar-refractivity contribution in [1.29, 1.82) is 0 Å². The molecule has 0 bridgehead atoms. The average molecular weight is 232 g/mol. The van der Waals surface area contributed by atoms with Crippen molar-refractivity contribution in [2.75, 3.05) is 18.0 Å². The number of rotatable bonds is 6. The molecule has 0 aliphatic heterocycles. The van der Waals surface area contributed by atoms with Crippen LogP contribution in [0.15, 0.2) is 12.4 Å². The van der Waals surface area contributed by atoms with Gasteiger partial charge in [-0.05, 0) is 6.42 Å². The van der Waals surface area contributed by atoms with Crippen LogP contribution in [0.5, 0.6) is 0 Å². The summed E-state index contributed by atoms with van der Waals surface area (Å²) >= 11 is 0. The van der Waals surface area contributed by atoms with Crippen LogP contribution in [0.2, 0.25) is 0 Å². The fourth-order valence-electron chi connectivity index (χ4n) is 1.16. The highest BCUT2D eigenvalue weighted by molar-refractivity contribution is 7.89. The number of sulfonamides is 1. The van der Waals surface area contributed by atoms with E-state index in [1.54, 1.807) is 10.9 Å². The van der Waals surface area contributed by atoms with Crippen LogP contribution in [0.4, 0.5) is 5.69 Å². The zero-order valence-corrected chi connectivity index (χ0v) is 9.50. The van der Waals surface area contributed by atoms with Crippen molar-refractivity contribution >= 4 is 15.7 Å². The number of anilines is 1. The Hall–Kier alpha value is -1.08. The van der Waals surface area contributed by atoms with Gasteiger partial charge in [-0.3, -0.25) is 4.68 Å². The Morgan fingerprint density at radius 1 is 1.60 bits per heavy atom. The highest BCUT2D eigenvalue weighted by atomic mass is 32.2. The van der Waals surface area contributed by atoms with Crippen LogP contribution >= 0.6 is 0 Å². The summed E-state index contributed by atoms with van der Waals surface area (Å²) < 4.78 is 26.6. The van der Waals surface area contributed by atoms with Crippen LogP contribution in [0.3, 0.4) is 0 Å². The van der Waals surface area contributed by atoms with Crippen LogP contribution in [0, 0.1) is 0 Å². The van der Waals surface area contributed by atoms with E-state index in [2.05, 4.69) is 9.82 Å². The summed E-state index contributed by atoms with van der Waals surface area (Å²) in [4.78, 5) is 0. The van der Waals surface area contributed by atoms with E-state index in [0.29, 0.717) is 25.2 Å². The second kappa shape index (κ2) is 5.13. The standard InChI is InChI=1S/C8H16N4O2S/c1-2-5-15(13,14)11-3-4-12-7-8(9)6-10-12/h6-7,11H,2-5,9H2,1H3. The molecule has 0 unspecified atom stereocenters. The number of hydrogen-bond acceptors (Lipinski definition) is 4. The Balaban J connectivity index is 2.33. The summed E-state index contributed by atoms with van der Waals surface area (Å²) in [6.07, 6.45) is 3.80. The third-order valence-corrected chi connectivity index (χ3v) is 3.38. The quantitative estimate of drug-likeness (QED) is 0.710. The van der Waals surface area contributed by atoms with Gasteiger partial charge in [-0.15, -0.1) is 0 Å². The molecule has 0 radical (unpaired) electrons. The molecule has 0 atom stereocenters. The van der Waals surface area contributed by atoms with Crippen molar-refractivity contribution < 1.29 is 8.42 Å². The van der Waals surface area contributed by atoms with Crippen molar-refractivity contribution in [3.8, 4) is 0 Å². The average Bonchev–Trinajstić information content (AvgIpc) is 2.51. The van der Waals surface area contributed by atoms with E-state index >= 15 is 0 Å². The number of nitrogens with two attached hydrogens (primary N) is 1. The third-order valence-electron chi connectivity index (χ3n) is 1.79. The van der Waals surface area contributed by atoms with Crippen molar-refractivity contribution in [3.05, 3.63) is 12.4 Å². The van der Waals surface area contributed by atoms with Crippen molar-refractivity contribution in [3.63, 3.8) is 0 Å². The lowest BCUT2D eigenvalue weighted by Crippen LogP contribution is -2.29. The fraction of sp³-hybridized carbons (Fsp3) is 0.625. The first kappa shape index (κ1) is 12.0. The molecule has 1 heterocycles. The van der Waals surface area contributed by atoms with Gasteiger partial charge < -0.3 is 5.73 Å². The predicted molar refractivity (Wildman–Crippen MR) is 58.7 cm³/mol. The second-order valence-corrected chi connectivity index (χ2v) is 5.18. The van der Waals surface area contributed by atoms with E-state index in [1.165, 1.54) is 6.20 Å². The van der Waals surface area contributed by atoms with E-state index in [-0.39, 0.29) is 5.75 Å². The largest absolute Gasteiger partial charge is 0.396 e. The molecule has 0 aliphatic rings. The van der Waals surface area contributed by atoms with Crippen molar-refractivity contribution in [2.24, 2.45) is 0 Å². The van der Waals surface area contributed by atoms with Crippen LogP contribution < -0.4 is 10.5 Å². The third kappa shape index (κ3) is 4.30. The van der Waals surface area contributed by atoms with Crippen LogP contribution in [-0.2, 0) is 16.6 Å². The molecule has 7 heteroatoms. The Bertz CT molecular complexity index is 399. The van der Waals surface area contributed by atoms with Gasteiger partial charge in [-0.25, -0.2) is 13.1 Å². The Morgan fingerprint density at radius 2 is 2.33 bits per heavy atom. The first-order valence-electron chi connectivity index (χ1n) is 4.79. The summed E-state index contributed by atoms with van der Waals surface area (Å²) in [5.74, 6) is 0.161. The van der Waals surface area contributed by atoms with Gasteiger partial charge in [0, 0.05) is 12.7 Å². The van der Waals surface area contributed by atoms with Gasteiger partial charge in [0.05, 0.1) is 24.2 Å². The zero-order chi connectivity index (χ0) is 11.3. The lowest BCUT2D eigenvalue weighted by Gasteiger charge is -2.05. The molecule has 1 aromatic rings. The number of nitrogen functional groups attached to an aromatic ring is 1. The van der Waals surface area contributed by atoms with Crippen molar-refractivity contribution in [1.82, 2.24) is 14.5 Å². The minimum Gasteiger partial charge on any atom is -0.396 e. The number of aromatic nitrogens is 2. The molecule has 15 heavy (non-hydrogen) atoms. The molecule has 0 saturated carbocycles. The fourth-order valence-corrected chi connectivity index (χ4v) is 2.24. The molecule has 6 nitrogen and oxygen atoms in total. The van der Waals surface area contributed by atoms with Gasteiger partial charge in [0.25, 0.3) is 0 Å². The molecule has 0 aliphatic carbocycles. The first-order valence-corrected chi connectivity index (χ1v) is 6.44. The highest BCUT2D eigenvalue weighted by Crippen LogP contribution is 1.97. The van der Waals surface area contributed by atoms with Gasteiger partial charge in [-0.2, -0.15) is 5.10 Å².